The van der Waals surface area contributed by atoms with Crippen LogP contribution in [0.1, 0.15) is 0 Å². The fourth-order valence-corrected chi connectivity index (χ4v) is 1.59. The first-order valence-electron chi connectivity index (χ1n) is 4.99. The number of rotatable bonds is 1. The molecule has 0 saturated carbocycles. The van der Waals surface area contributed by atoms with Crippen LogP contribution in [0.4, 0.5) is 10.1 Å². The van der Waals surface area contributed by atoms with E-state index in [0.29, 0.717) is 28.2 Å². The van der Waals surface area contributed by atoms with E-state index < -0.39 is 5.82 Å². The Kier molecular flexibility index (Phi) is 2.04. The molecular weight excluding hydrogens is 221 g/mol. The summed E-state index contributed by atoms with van der Waals surface area (Å²) in [6.45, 7) is 0. The molecule has 3 rings (SSSR count). The number of halogens is 1. The van der Waals surface area contributed by atoms with Crippen LogP contribution in [0.2, 0.25) is 0 Å². The second-order valence-electron chi connectivity index (χ2n) is 3.64. The van der Waals surface area contributed by atoms with Crippen molar-refractivity contribution < 1.29 is 8.81 Å². The van der Waals surface area contributed by atoms with E-state index in [4.69, 9.17) is 10.2 Å². The standard InChI is InChI=1S/C12H8FN3O/c13-8-3-7(5-15-6-8)12-16-10-2-1-9(14)4-11(10)17-12/h1-6H,14H2. The molecule has 1 aromatic carbocycles. The predicted molar refractivity (Wildman–Crippen MR) is 61.6 cm³/mol. The van der Waals surface area contributed by atoms with Gasteiger partial charge in [0.05, 0.1) is 11.8 Å². The zero-order valence-corrected chi connectivity index (χ0v) is 8.72. The van der Waals surface area contributed by atoms with E-state index >= 15 is 0 Å². The van der Waals surface area contributed by atoms with E-state index in [2.05, 4.69) is 9.97 Å². The summed E-state index contributed by atoms with van der Waals surface area (Å²) in [5, 5.41) is 0. The van der Waals surface area contributed by atoms with Crippen LogP contribution in [-0.2, 0) is 0 Å². The number of nitrogens with zero attached hydrogens (tertiary/aromatic N) is 2. The molecule has 0 aliphatic heterocycles. The van der Waals surface area contributed by atoms with Gasteiger partial charge in [-0.2, -0.15) is 0 Å². The summed E-state index contributed by atoms with van der Waals surface area (Å²) in [5.41, 5.74) is 7.98. The van der Waals surface area contributed by atoms with Gasteiger partial charge < -0.3 is 10.2 Å². The van der Waals surface area contributed by atoms with Crippen molar-refractivity contribution >= 4 is 16.8 Å². The lowest BCUT2D eigenvalue weighted by Crippen LogP contribution is -1.82. The molecule has 2 N–H and O–H groups in total. The Morgan fingerprint density at radius 2 is 2.06 bits per heavy atom. The molecule has 0 radical (unpaired) electrons. The van der Waals surface area contributed by atoms with Crippen LogP contribution >= 0.6 is 0 Å². The number of oxazole rings is 1. The summed E-state index contributed by atoms with van der Waals surface area (Å²) >= 11 is 0. The summed E-state index contributed by atoms with van der Waals surface area (Å²) in [6, 6.07) is 6.49. The van der Waals surface area contributed by atoms with E-state index in [1.165, 1.54) is 12.3 Å². The van der Waals surface area contributed by atoms with Crippen LogP contribution in [0.3, 0.4) is 0 Å². The fourth-order valence-electron chi connectivity index (χ4n) is 1.59. The van der Waals surface area contributed by atoms with Crippen molar-refractivity contribution in [1.29, 1.82) is 0 Å². The summed E-state index contributed by atoms with van der Waals surface area (Å²) in [4.78, 5) is 7.98. The SMILES string of the molecule is Nc1ccc2nc(-c3cncc(F)c3)oc2c1. The Labute approximate surface area is 95.9 Å². The Balaban J connectivity index is 2.18. The monoisotopic (exact) mass is 229 g/mol. The number of benzene rings is 1. The quantitative estimate of drug-likeness (QED) is 0.651. The third kappa shape index (κ3) is 1.71. The average molecular weight is 229 g/mol. The second-order valence-corrected chi connectivity index (χ2v) is 3.64. The average Bonchev–Trinajstić information content (AvgIpc) is 2.72. The molecular formula is C12H8FN3O. The summed E-state index contributed by atoms with van der Waals surface area (Å²) in [5.74, 6) is -0.0955. The zero-order chi connectivity index (χ0) is 11.8. The van der Waals surface area contributed by atoms with E-state index in [0.717, 1.165) is 6.20 Å². The molecule has 2 heterocycles. The van der Waals surface area contributed by atoms with Crippen molar-refractivity contribution in [3.8, 4) is 11.5 Å². The normalized spacial score (nSPS) is 10.9. The van der Waals surface area contributed by atoms with Gasteiger partial charge in [0.1, 0.15) is 11.3 Å². The molecule has 0 amide bonds. The van der Waals surface area contributed by atoms with E-state index in [9.17, 15) is 4.39 Å². The van der Waals surface area contributed by atoms with Crippen molar-refractivity contribution in [2.75, 3.05) is 5.73 Å². The first-order valence-corrected chi connectivity index (χ1v) is 4.99. The highest BCUT2D eigenvalue weighted by atomic mass is 19.1. The molecule has 84 valence electrons. The Morgan fingerprint density at radius 3 is 2.88 bits per heavy atom. The van der Waals surface area contributed by atoms with Crippen LogP contribution in [0.5, 0.6) is 0 Å². The lowest BCUT2D eigenvalue weighted by atomic mass is 10.3. The van der Waals surface area contributed by atoms with Gasteiger partial charge in [0.2, 0.25) is 5.89 Å². The summed E-state index contributed by atoms with van der Waals surface area (Å²) < 4.78 is 18.5. The summed E-state index contributed by atoms with van der Waals surface area (Å²) in [6.07, 6.45) is 2.63. The molecule has 3 aromatic rings. The number of fused-ring (bicyclic) bond motifs is 1. The molecule has 0 saturated heterocycles. The first-order chi connectivity index (χ1) is 8.22. The van der Waals surface area contributed by atoms with Gasteiger partial charge in [-0.15, -0.1) is 0 Å². The molecule has 17 heavy (non-hydrogen) atoms. The molecule has 0 unspecified atom stereocenters. The van der Waals surface area contributed by atoms with Crippen LogP contribution in [0.25, 0.3) is 22.6 Å². The maximum absolute atomic E-state index is 13.0. The topological polar surface area (TPSA) is 64.9 Å². The molecule has 0 atom stereocenters. The van der Waals surface area contributed by atoms with Crippen molar-refractivity contribution in [3.63, 3.8) is 0 Å². The number of aromatic nitrogens is 2. The highest BCUT2D eigenvalue weighted by molar-refractivity contribution is 5.79. The number of pyridine rings is 1. The molecule has 0 aliphatic rings. The van der Waals surface area contributed by atoms with Gasteiger partial charge >= 0.3 is 0 Å². The number of anilines is 1. The molecule has 5 heteroatoms. The maximum Gasteiger partial charge on any atom is 0.228 e. The highest BCUT2D eigenvalue weighted by Gasteiger charge is 2.09. The second kappa shape index (κ2) is 3.55. The maximum atomic E-state index is 13.0. The van der Waals surface area contributed by atoms with Crippen molar-refractivity contribution in [2.24, 2.45) is 0 Å². The summed E-state index contributed by atoms with van der Waals surface area (Å²) in [7, 11) is 0. The minimum absolute atomic E-state index is 0.331. The molecule has 0 bridgehead atoms. The minimum atomic E-state index is -0.427. The van der Waals surface area contributed by atoms with E-state index in [1.54, 1.807) is 18.2 Å². The van der Waals surface area contributed by atoms with Crippen LogP contribution in [0, 0.1) is 5.82 Å². The van der Waals surface area contributed by atoms with Crippen molar-refractivity contribution in [1.82, 2.24) is 9.97 Å². The van der Waals surface area contributed by atoms with E-state index in [1.807, 2.05) is 0 Å². The van der Waals surface area contributed by atoms with Gasteiger partial charge in [-0.1, -0.05) is 0 Å². The highest BCUT2D eigenvalue weighted by Crippen LogP contribution is 2.25. The van der Waals surface area contributed by atoms with Gasteiger partial charge in [0.25, 0.3) is 0 Å². The Morgan fingerprint density at radius 1 is 1.18 bits per heavy atom. The molecule has 0 spiro atoms. The minimum Gasteiger partial charge on any atom is -0.436 e. The van der Waals surface area contributed by atoms with Crippen LogP contribution < -0.4 is 5.73 Å². The predicted octanol–water partition coefficient (Wildman–Crippen LogP) is 2.61. The molecule has 0 aliphatic carbocycles. The third-order valence-electron chi connectivity index (χ3n) is 2.36. The Bertz CT molecular complexity index is 693. The number of nitrogens with two attached hydrogens (primary N) is 1. The lowest BCUT2D eigenvalue weighted by molar-refractivity contribution is 0.607. The largest absolute Gasteiger partial charge is 0.436 e. The van der Waals surface area contributed by atoms with Crippen molar-refractivity contribution in [3.05, 3.63) is 42.5 Å². The molecule has 4 nitrogen and oxygen atoms in total. The molecule has 2 aromatic heterocycles. The third-order valence-corrected chi connectivity index (χ3v) is 2.36. The van der Waals surface area contributed by atoms with Crippen molar-refractivity contribution in [2.45, 2.75) is 0 Å². The number of hydrogen-bond donors (Lipinski definition) is 1. The van der Waals surface area contributed by atoms with Crippen LogP contribution in [0.15, 0.2) is 41.1 Å². The van der Waals surface area contributed by atoms with Gasteiger partial charge in [-0.05, 0) is 18.2 Å². The smallest absolute Gasteiger partial charge is 0.228 e. The first kappa shape index (κ1) is 9.77. The molecule has 0 fully saturated rings. The number of nitrogen functional groups attached to an aromatic ring is 1. The number of hydrogen-bond acceptors (Lipinski definition) is 4. The van der Waals surface area contributed by atoms with Gasteiger partial charge in [0.15, 0.2) is 5.58 Å². The van der Waals surface area contributed by atoms with E-state index in [-0.39, 0.29) is 0 Å². The fraction of sp³-hybridized carbons (Fsp3) is 0. The Hall–Kier alpha value is -2.43. The van der Waals surface area contributed by atoms with Gasteiger partial charge in [0, 0.05) is 18.0 Å². The van der Waals surface area contributed by atoms with Gasteiger partial charge in [-0.3, -0.25) is 4.98 Å². The van der Waals surface area contributed by atoms with Gasteiger partial charge in [-0.25, -0.2) is 9.37 Å². The van der Waals surface area contributed by atoms with Crippen LogP contribution in [-0.4, -0.2) is 9.97 Å². The zero-order valence-electron chi connectivity index (χ0n) is 8.72. The lowest BCUT2D eigenvalue weighted by Gasteiger charge is -1.93.